The van der Waals surface area contributed by atoms with Crippen LogP contribution in [0.25, 0.3) is 0 Å². The summed E-state index contributed by atoms with van der Waals surface area (Å²) in [6.07, 6.45) is 5.61. The van der Waals surface area contributed by atoms with Crippen LogP contribution < -0.4 is 15.4 Å². The van der Waals surface area contributed by atoms with Crippen molar-refractivity contribution in [2.24, 2.45) is 4.99 Å². The molecule has 0 atom stereocenters. The number of aryl methyl sites for hydroxylation is 2. The van der Waals surface area contributed by atoms with E-state index >= 15 is 0 Å². The molecular formula is C23H29ClIN5O. The third kappa shape index (κ3) is 7.74. The lowest BCUT2D eigenvalue weighted by Gasteiger charge is -2.13. The molecule has 0 fully saturated rings. The Balaban J connectivity index is 0.00000341. The second-order valence-corrected chi connectivity index (χ2v) is 7.24. The SMILES string of the molecule is CN=C(NCCc1ccc(OC)cc1Cl)NCc1nccn1CCc1ccccc1.I. The van der Waals surface area contributed by atoms with Crippen molar-refractivity contribution in [1.29, 1.82) is 0 Å². The molecule has 0 amide bonds. The molecule has 0 spiro atoms. The van der Waals surface area contributed by atoms with E-state index in [-0.39, 0.29) is 24.0 Å². The monoisotopic (exact) mass is 553 g/mol. The number of nitrogens with zero attached hydrogens (tertiary/aromatic N) is 3. The van der Waals surface area contributed by atoms with Gasteiger partial charge in [-0.15, -0.1) is 24.0 Å². The zero-order valence-corrected chi connectivity index (χ0v) is 20.9. The molecule has 2 N–H and O–H groups in total. The second kappa shape index (κ2) is 13.2. The fraction of sp³-hybridized carbons (Fsp3) is 0.304. The summed E-state index contributed by atoms with van der Waals surface area (Å²) in [5, 5.41) is 7.37. The normalized spacial score (nSPS) is 11.0. The van der Waals surface area contributed by atoms with E-state index in [0.717, 1.165) is 42.5 Å². The number of ether oxygens (including phenoxy) is 1. The van der Waals surface area contributed by atoms with Gasteiger partial charge in [0.05, 0.1) is 13.7 Å². The first-order chi connectivity index (χ1) is 14.7. The van der Waals surface area contributed by atoms with Crippen molar-refractivity contribution in [3.05, 3.63) is 82.9 Å². The topological polar surface area (TPSA) is 63.5 Å². The van der Waals surface area contributed by atoms with Crippen LogP contribution in [-0.4, -0.2) is 36.2 Å². The van der Waals surface area contributed by atoms with Crippen molar-refractivity contribution in [2.75, 3.05) is 20.7 Å². The molecule has 2 aromatic carbocycles. The second-order valence-electron chi connectivity index (χ2n) is 6.83. The van der Waals surface area contributed by atoms with Crippen LogP contribution in [0.3, 0.4) is 0 Å². The molecule has 0 saturated heterocycles. The first-order valence-electron chi connectivity index (χ1n) is 10.0. The van der Waals surface area contributed by atoms with Gasteiger partial charge in [-0.25, -0.2) is 4.98 Å². The highest BCUT2D eigenvalue weighted by Crippen LogP contribution is 2.22. The number of methoxy groups -OCH3 is 1. The van der Waals surface area contributed by atoms with E-state index in [1.165, 1.54) is 5.56 Å². The highest BCUT2D eigenvalue weighted by molar-refractivity contribution is 14.0. The molecule has 8 heteroatoms. The fourth-order valence-electron chi connectivity index (χ4n) is 3.16. The van der Waals surface area contributed by atoms with Gasteiger partial charge in [0.2, 0.25) is 0 Å². The van der Waals surface area contributed by atoms with Crippen LogP contribution in [0.1, 0.15) is 17.0 Å². The van der Waals surface area contributed by atoms with Gasteiger partial charge in [0.15, 0.2) is 5.96 Å². The molecule has 166 valence electrons. The standard InChI is InChI=1S/C23H28ClN5O.HI/c1-25-23(27-12-10-19-8-9-20(30-2)16-21(19)24)28-17-22-26-13-15-29(22)14-11-18-6-4-3-5-7-18;/h3-9,13,15-16H,10-12,14,17H2,1-2H3,(H2,25,27,28);1H. The van der Waals surface area contributed by atoms with E-state index in [0.29, 0.717) is 18.1 Å². The highest BCUT2D eigenvalue weighted by atomic mass is 127. The molecule has 0 bridgehead atoms. The van der Waals surface area contributed by atoms with E-state index < -0.39 is 0 Å². The number of imidazole rings is 1. The van der Waals surface area contributed by atoms with Crippen LogP contribution >= 0.6 is 35.6 Å². The average molecular weight is 554 g/mol. The first kappa shape index (κ1) is 25.0. The summed E-state index contributed by atoms with van der Waals surface area (Å²) >= 11 is 6.31. The third-order valence-electron chi connectivity index (χ3n) is 4.87. The van der Waals surface area contributed by atoms with Crippen molar-refractivity contribution < 1.29 is 4.74 Å². The van der Waals surface area contributed by atoms with E-state index in [1.54, 1.807) is 14.2 Å². The molecule has 6 nitrogen and oxygen atoms in total. The number of benzene rings is 2. The molecule has 1 heterocycles. The van der Waals surface area contributed by atoms with E-state index in [2.05, 4.69) is 49.4 Å². The summed E-state index contributed by atoms with van der Waals surface area (Å²) < 4.78 is 7.36. The molecule has 0 radical (unpaired) electrons. The Morgan fingerprint density at radius 2 is 1.94 bits per heavy atom. The Morgan fingerprint density at radius 3 is 2.65 bits per heavy atom. The predicted octanol–water partition coefficient (Wildman–Crippen LogP) is 4.31. The van der Waals surface area contributed by atoms with Gasteiger partial charge >= 0.3 is 0 Å². The average Bonchev–Trinajstić information content (AvgIpc) is 3.23. The van der Waals surface area contributed by atoms with E-state index in [4.69, 9.17) is 16.3 Å². The Hall–Kier alpha value is -2.26. The molecule has 3 rings (SSSR count). The summed E-state index contributed by atoms with van der Waals surface area (Å²) in [6.45, 7) is 2.21. The van der Waals surface area contributed by atoms with E-state index in [1.807, 2.05) is 36.7 Å². The van der Waals surface area contributed by atoms with Gasteiger partial charge in [-0.05, 0) is 36.1 Å². The number of aromatic nitrogens is 2. The number of rotatable bonds is 9. The van der Waals surface area contributed by atoms with Crippen molar-refractivity contribution >= 4 is 41.5 Å². The summed E-state index contributed by atoms with van der Waals surface area (Å²) in [7, 11) is 3.40. The molecule has 3 aromatic rings. The van der Waals surface area contributed by atoms with Crippen molar-refractivity contribution in [3.63, 3.8) is 0 Å². The van der Waals surface area contributed by atoms with Crippen molar-refractivity contribution in [1.82, 2.24) is 20.2 Å². The fourth-order valence-corrected chi connectivity index (χ4v) is 3.43. The molecule has 0 aliphatic carbocycles. The summed E-state index contributed by atoms with van der Waals surface area (Å²) in [5.74, 6) is 2.47. The molecule has 0 aliphatic rings. The summed E-state index contributed by atoms with van der Waals surface area (Å²) in [5.41, 5.74) is 2.39. The maximum atomic E-state index is 6.31. The molecule has 0 saturated carbocycles. The summed E-state index contributed by atoms with van der Waals surface area (Å²) in [6, 6.07) is 16.2. The smallest absolute Gasteiger partial charge is 0.191 e. The maximum absolute atomic E-state index is 6.31. The number of nitrogens with one attached hydrogen (secondary N) is 2. The largest absolute Gasteiger partial charge is 0.497 e. The molecule has 1 aromatic heterocycles. The minimum Gasteiger partial charge on any atom is -0.497 e. The molecule has 31 heavy (non-hydrogen) atoms. The number of hydrogen-bond donors (Lipinski definition) is 2. The Kier molecular flexibility index (Phi) is 10.7. The number of guanidine groups is 1. The minimum atomic E-state index is 0. The van der Waals surface area contributed by atoms with Crippen LogP contribution in [0.2, 0.25) is 5.02 Å². The first-order valence-corrected chi connectivity index (χ1v) is 10.4. The maximum Gasteiger partial charge on any atom is 0.191 e. The predicted molar refractivity (Wildman–Crippen MR) is 138 cm³/mol. The molecule has 0 unspecified atom stereocenters. The molecule has 0 aliphatic heterocycles. The van der Waals surface area contributed by atoms with E-state index in [9.17, 15) is 0 Å². The van der Waals surface area contributed by atoms with Gasteiger partial charge < -0.3 is 19.9 Å². The van der Waals surface area contributed by atoms with Gasteiger partial charge in [-0.1, -0.05) is 48.0 Å². The zero-order chi connectivity index (χ0) is 21.2. The van der Waals surface area contributed by atoms with Crippen LogP contribution in [0.15, 0.2) is 65.9 Å². The Morgan fingerprint density at radius 1 is 1.13 bits per heavy atom. The molecular weight excluding hydrogens is 525 g/mol. The minimum absolute atomic E-state index is 0. The van der Waals surface area contributed by atoms with Gasteiger partial charge in [0.1, 0.15) is 11.6 Å². The van der Waals surface area contributed by atoms with Gasteiger partial charge in [0.25, 0.3) is 0 Å². The lowest BCUT2D eigenvalue weighted by atomic mass is 10.1. The van der Waals surface area contributed by atoms with Crippen molar-refractivity contribution in [3.8, 4) is 5.75 Å². The quantitative estimate of drug-likeness (QED) is 0.235. The van der Waals surface area contributed by atoms with Gasteiger partial charge in [0, 0.05) is 37.6 Å². The van der Waals surface area contributed by atoms with Crippen LogP contribution in [0.5, 0.6) is 5.75 Å². The van der Waals surface area contributed by atoms with Crippen molar-refractivity contribution in [2.45, 2.75) is 25.9 Å². The summed E-state index contributed by atoms with van der Waals surface area (Å²) in [4.78, 5) is 8.78. The van der Waals surface area contributed by atoms with Crippen LogP contribution in [-0.2, 0) is 25.9 Å². The van der Waals surface area contributed by atoms with Crippen LogP contribution in [0.4, 0.5) is 0 Å². The lowest BCUT2D eigenvalue weighted by molar-refractivity contribution is 0.414. The number of halogens is 2. The van der Waals surface area contributed by atoms with Gasteiger partial charge in [-0.2, -0.15) is 0 Å². The number of hydrogen-bond acceptors (Lipinski definition) is 3. The highest BCUT2D eigenvalue weighted by Gasteiger charge is 2.06. The van der Waals surface area contributed by atoms with Crippen LogP contribution in [0, 0.1) is 0 Å². The number of aliphatic imine (C=N–C) groups is 1. The van der Waals surface area contributed by atoms with Gasteiger partial charge in [-0.3, -0.25) is 4.99 Å². The lowest BCUT2D eigenvalue weighted by Crippen LogP contribution is -2.38. The Labute approximate surface area is 206 Å². The Bertz CT molecular complexity index is 962. The third-order valence-corrected chi connectivity index (χ3v) is 5.22. The zero-order valence-electron chi connectivity index (χ0n) is 17.8.